The standard InChI is InChI=1S/C22H29F3N2O3.C4H4N2/c1-14(22(23,24)25)15-3-5-16(6-4-15)19(28)27(17-7-8-17)18-9-11-21(2,12-10-18)13-30-20(26)29;1-2-5-4-6-3-1/h3-6,14,17-18H,7-13H2,1-2H3,(H2,26,29);1-4H. The monoisotopic (exact) mass is 506 g/mol. The minimum absolute atomic E-state index is 0.0837. The Morgan fingerprint density at radius 2 is 1.64 bits per heavy atom. The molecule has 1 unspecified atom stereocenters. The van der Waals surface area contributed by atoms with Gasteiger partial charge in [-0.05, 0) is 69.2 Å². The average molecular weight is 507 g/mol. The number of benzene rings is 1. The highest BCUT2D eigenvalue weighted by atomic mass is 19.4. The van der Waals surface area contributed by atoms with Gasteiger partial charge in [0.05, 0.1) is 12.5 Å². The van der Waals surface area contributed by atoms with Gasteiger partial charge in [0.1, 0.15) is 6.33 Å². The van der Waals surface area contributed by atoms with E-state index in [9.17, 15) is 22.8 Å². The smallest absolute Gasteiger partial charge is 0.404 e. The summed E-state index contributed by atoms with van der Waals surface area (Å²) in [7, 11) is 0. The van der Waals surface area contributed by atoms with Gasteiger partial charge >= 0.3 is 12.3 Å². The van der Waals surface area contributed by atoms with Gasteiger partial charge < -0.3 is 15.4 Å². The first kappa shape index (κ1) is 27.4. The maximum absolute atomic E-state index is 13.2. The second-order valence-corrected chi connectivity index (χ2v) is 9.88. The van der Waals surface area contributed by atoms with E-state index in [0.717, 1.165) is 45.4 Å². The summed E-state index contributed by atoms with van der Waals surface area (Å²) in [5.41, 5.74) is 5.49. The van der Waals surface area contributed by atoms with E-state index >= 15 is 0 Å². The van der Waals surface area contributed by atoms with Crippen molar-refractivity contribution in [3.05, 3.63) is 60.2 Å². The summed E-state index contributed by atoms with van der Waals surface area (Å²) in [6, 6.07) is 7.86. The van der Waals surface area contributed by atoms with Crippen LogP contribution < -0.4 is 5.73 Å². The van der Waals surface area contributed by atoms with Gasteiger partial charge in [0.2, 0.25) is 0 Å². The van der Waals surface area contributed by atoms with E-state index in [-0.39, 0.29) is 35.6 Å². The van der Waals surface area contributed by atoms with E-state index < -0.39 is 18.2 Å². The van der Waals surface area contributed by atoms with E-state index in [1.54, 1.807) is 18.5 Å². The molecule has 0 spiro atoms. The van der Waals surface area contributed by atoms with Crippen molar-refractivity contribution in [2.45, 2.75) is 76.6 Å². The molecule has 2 aliphatic carbocycles. The Bertz CT molecular complexity index is 963. The van der Waals surface area contributed by atoms with Crippen LogP contribution in [0.2, 0.25) is 0 Å². The molecule has 1 aromatic carbocycles. The Hall–Kier alpha value is -3.17. The molecule has 2 fully saturated rings. The topological polar surface area (TPSA) is 98.4 Å². The Balaban J connectivity index is 0.000000526. The van der Waals surface area contributed by atoms with E-state index in [0.29, 0.717) is 5.56 Å². The molecule has 2 saturated carbocycles. The van der Waals surface area contributed by atoms with Gasteiger partial charge in [-0.15, -0.1) is 0 Å². The molecule has 4 rings (SSSR count). The summed E-state index contributed by atoms with van der Waals surface area (Å²) in [5.74, 6) is -1.69. The summed E-state index contributed by atoms with van der Waals surface area (Å²) in [6.07, 6.45) is 4.90. The predicted octanol–water partition coefficient (Wildman–Crippen LogP) is 5.48. The summed E-state index contributed by atoms with van der Waals surface area (Å²) in [4.78, 5) is 33.4. The maximum Gasteiger partial charge on any atom is 0.404 e. The van der Waals surface area contributed by atoms with Gasteiger partial charge in [-0.25, -0.2) is 14.8 Å². The minimum atomic E-state index is -4.31. The van der Waals surface area contributed by atoms with Crippen LogP contribution in [-0.2, 0) is 4.74 Å². The Kier molecular flexibility index (Phi) is 8.92. The quantitative estimate of drug-likeness (QED) is 0.560. The lowest BCUT2D eigenvalue weighted by Gasteiger charge is -2.41. The van der Waals surface area contributed by atoms with Crippen molar-refractivity contribution in [1.82, 2.24) is 14.9 Å². The van der Waals surface area contributed by atoms with E-state index in [1.165, 1.54) is 30.6 Å². The molecule has 0 radical (unpaired) electrons. The molecule has 1 aromatic heterocycles. The highest BCUT2D eigenvalue weighted by Gasteiger charge is 2.42. The summed E-state index contributed by atoms with van der Waals surface area (Å²) in [6.45, 7) is 3.44. The van der Waals surface area contributed by atoms with Crippen LogP contribution in [0.4, 0.5) is 18.0 Å². The summed E-state index contributed by atoms with van der Waals surface area (Å²) in [5, 5.41) is 0. The van der Waals surface area contributed by atoms with E-state index in [1.807, 2.05) is 4.90 Å². The molecule has 0 aliphatic heterocycles. The maximum atomic E-state index is 13.2. The molecule has 10 heteroatoms. The SMILES string of the molecule is CC(c1ccc(C(=O)N(C2CC2)C2CCC(C)(COC(N)=O)CC2)cc1)C(F)(F)F.c1cncnc1. The number of nitrogens with two attached hydrogens (primary N) is 1. The fraction of sp³-hybridized carbons (Fsp3) is 0.538. The number of amides is 2. The third kappa shape index (κ3) is 7.66. The summed E-state index contributed by atoms with van der Waals surface area (Å²) >= 11 is 0. The van der Waals surface area contributed by atoms with Crippen LogP contribution in [-0.4, -0.2) is 51.7 Å². The lowest BCUT2D eigenvalue weighted by molar-refractivity contribution is -0.146. The number of nitrogens with zero attached hydrogens (tertiary/aromatic N) is 3. The number of aromatic nitrogens is 2. The molecular formula is C26H33F3N4O3. The number of primary amides is 1. The number of ether oxygens (including phenoxy) is 1. The van der Waals surface area contributed by atoms with Crippen molar-refractivity contribution >= 4 is 12.0 Å². The minimum Gasteiger partial charge on any atom is -0.449 e. The van der Waals surface area contributed by atoms with Crippen molar-refractivity contribution < 1.29 is 27.5 Å². The Morgan fingerprint density at radius 3 is 2.06 bits per heavy atom. The lowest BCUT2D eigenvalue weighted by Crippen LogP contribution is -2.46. The Morgan fingerprint density at radius 1 is 1.08 bits per heavy atom. The average Bonchev–Trinajstić information content (AvgIpc) is 3.70. The normalized spacial score (nSPS) is 22.5. The van der Waals surface area contributed by atoms with Crippen LogP contribution in [0.1, 0.15) is 74.2 Å². The molecular weight excluding hydrogens is 473 g/mol. The number of alkyl halides is 3. The zero-order chi connectivity index (χ0) is 26.3. The number of hydrogen-bond acceptors (Lipinski definition) is 5. The van der Waals surface area contributed by atoms with Crippen LogP contribution in [0.5, 0.6) is 0 Å². The molecule has 2 aromatic rings. The van der Waals surface area contributed by atoms with Crippen LogP contribution >= 0.6 is 0 Å². The van der Waals surface area contributed by atoms with Gasteiger partial charge in [-0.2, -0.15) is 13.2 Å². The van der Waals surface area contributed by atoms with Gasteiger partial charge in [-0.1, -0.05) is 19.1 Å². The molecule has 7 nitrogen and oxygen atoms in total. The first-order valence-corrected chi connectivity index (χ1v) is 12.1. The molecule has 36 heavy (non-hydrogen) atoms. The Labute approximate surface area is 209 Å². The van der Waals surface area contributed by atoms with Gasteiger partial charge in [-0.3, -0.25) is 4.79 Å². The molecule has 1 atom stereocenters. The van der Waals surface area contributed by atoms with Crippen LogP contribution in [0.15, 0.2) is 49.1 Å². The number of halogens is 3. The van der Waals surface area contributed by atoms with Crippen molar-refractivity contribution in [3.8, 4) is 0 Å². The van der Waals surface area contributed by atoms with Crippen LogP contribution in [0.3, 0.4) is 0 Å². The molecule has 2 N–H and O–H groups in total. The molecule has 196 valence electrons. The van der Waals surface area contributed by atoms with Gasteiger partial charge in [0, 0.05) is 35.5 Å². The summed E-state index contributed by atoms with van der Waals surface area (Å²) < 4.78 is 43.8. The number of carbonyl (C=O) groups is 2. The second kappa shape index (κ2) is 11.7. The van der Waals surface area contributed by atoms with Gasteiger partial charge in [0.15, 0.2) is 0 Å². The van der Waals surface area contributed by atoms with Crippen molar-refractivity contribution in [1.29, 1.82) is 0 Å². The third-order valence-corrected chi connectivity index (χ3v) is 6.92. The largest absolute Gasteiger partial charge is 0.449 e. The predicted molar refractivity (Wildman–Crippen MR) is 128 cm³/mol. The number of rotatable bonds is 6. The van der Waals surface area contributed by atoms with Crippen LogP contribution in [0, 0.1) is 5.41 Å². The lowest BCUT2D eigenvalue weighted by atomic mass is 9.74. The van der Waals surface area contributed by atoms with E-state index in [4.69, 9.17) is 10.5 Å². The molecule has 2 aliphatic rings. The van der Waals surface area contributed by atoms with Gasteiger partial charge in [0.25, 0.3) is 5.91 Å². The highest BCUT2D eigenvalue weighted by molar-refractivity contribution is 5.95. The fourth-order valence-electron chi connectivity index (χ4n) is 4.46. The third-order valence-electron chi connectivity index (χ3n) is 6.92. The molecule has 2 amide bonds. The number of carbonyl (C=O) groups excluding carboxylic acids is 2. The fourth-order valence-corrected chi connectivity index (χ4v) is 4.46. The van der Waals surface area contributed by atoms with Crippen molar-refractivity contribution in [3.63, 3.8) is 0 Å². The number of hydrogen-bond donors (Lipinski definition) is 1. The first-order chi connectivity index (χ1) is 17.0. The van der Waals surface area contributed by atoms with Crippen LogP contribution in [0.25, 0.3) is 0 Å². The van der Waals surface area contributed by atoms with Crippen molar-refractivity contribution in [2.75, 3.05) is 6.61 Å². The highest BCUT2D eigenvalue weighted by Crippen LogP contribution is 2.41. The zero-order valence-corrected chi connectivity index (χ0v) is 20.6. The molecule has 0 bridgehead atoms. The zero-order valence-electron chi connectivity index (χ0n) is 20.6. The first-order valence-electron chi connectivity index (χ1n) is 12.1. The second-order valence-electron chi connectivity index (χ2n) is 9.88. The molecule has 1 heterocycles. The molecule has 0 saturated heterocycles. The van der Waals surface area contributed by atoms with E-state index in [2.05, 4.69) is 16.9 Å². The van der Waals surface area contributed by atoms with Crippen molar-refractivity contribution in [2.24, 2.45) is 11.1 Å².